The van der Waals surface area contributed by atoms with E-state index in [0.29, 0.717) is 5.52 Å². The highest BCUT2D eigenvalue weighted by Crippen LogP contribution is 2.37. The van der Waals surface area contributed by atoms with Crippen molar-refractivity contribution in [3.05, 3.63) is 36.0 Å². The molecule has 3 rings (SSSR count). The Balaban J connectivity index is 2.24. The number of nitrogens with two attached hydrogens (primary N) is 1. The van der Waals surface area contributed by atoms with E-state index in [1.54, 1.807) is 16.7 Å². The van der Waals surface area contributed by atoms with Gasteiger partial charge in [-0.15, -0.1) is 23.4 Å². The van der Waals surface area contributed by atoms with Crippen LogP contribution in [0.5, 0.6) is 11.5 Å². The van der Waals surface area contributed by atoms with Crippen LogP contribution in [-0.4, -0.2) is 28.1 Å². The minimum Gasteiger partial charge on any atom is -0.497 e. The van der Waals surface area contributed by atoms with E-state index in [9.17, 15) is 13.2 Å². The number of aryl methyl sites for hydroxylation is 1. The maximum absolute atomic E-state index is 12.7. The third-order valence-corrected chi connectivity index (χ3v) is 3.37. The quantitative estimate of drug-likeness (QED) is 0.794. The lowest BCUT2D eigenvalue weighted by Gasteiger charge is -2.14. The summed E-state index contributed by atoms with van der Waals surface area (Å²) in [5.41, 5.74) is 7.50. The van der Waals surface area contributed by atoms with Crippen molar-refractivity contribution in [2.45, 2.75) is 13.3 Å². The Bertz CT molecular complexity index is 906. The van der Waals surface area contributed by atoms with E-state index in [-0.39, 0.29) is 23.0 Å². The van der Waals surface area contributed by atoms with Gasteiger partial charge in [-0.1, -0.05) is 0 Å². The second-order valence-electron chi connectivity index (χ2n) is 5.09. The average Bonchev–Trinajstić information content (AvgIpc) is 2.89. The predicted molar refractivity (Wildman–Crippen MR) is 80.8 cm³/mol. The minimum atomic E-state index is -4.85. The van der Waals surface area contributed by atoms with Crippen molar-refractivity contribution in [1.29, 1.82) is 0 Å². The van der Waals surface area contributed by atoms with Crippen LogP contribution >= 0.6 is 0 Å². The number of nitrogen functional groups attached to an aromatic ring is 1. The molecule has 0 amide bonds. The van der Waals surface area contributed by atoms with Crippen molar-refractivity contribution in [3.63, 3.8) is 0 Å². The summed E-state index contributed by atoms with van der Waals surface area (Å²) in [5, 5.41) is 7.75. The highest BCUT2D eigenvalue weighted by Gasteiger charge is 2.33. The minimum absolute atomic E-state index is 0.128. The Morgan fingerprint density at radius 1 is 1.17 bits per heavy atom. The van der Waals surface area contributed by atoms with Crippen LogP contribution in [0.2, 0.25) is 0 Å². The van der Waals surface area contributed by atoms with Gasteiger partial charge in [-0.25, -0.2) is 0 Å². The maximum Gasteiger partial charge on any atom is 0.573 e. The molecule has 2 heterocycles. The molecular weight excluding hydrogens is 325 g/mol. The Morgan fingerprint density at radius 2 is 1.92 bits per heavy atom. The van der Waals surface area contributed by atoms with Gasteiger partial charge in [0.2, 0.25) is 5.95 Å². The number of halogens is 3. The molecule has 0 atom stereocenters. The molecule has 24 heavy (non-hydrogen) atoms. The zero-order valence-corrected chi connectivity index (χ0v) is 12.8. The van der Waals surface area contributed by atoms with Crippen LogP contribution in [0, 0.1) is 6.92 Å². The number of ether oxygens (including phenoxy) is 2. The zero-order chi connectivity index (χ0) is 17.5. The predicted octanol–water partition coefficient (Wildman–Crippen LogP) is 3.19. The van der Waals surface area contributed by atoms with Gasteiger partial charge in [-0.2, -0.15) is 0 Å². The average molecular weight is 338 g/mol. The number of hydrogen-bond donors (Lipinski definition) is 1. The van der Waals surface area contributed by atoms with Crippen LogP contribution in [0.4, 0.5) is 19.1 Å². The molecule has 3 aromatic rings. The monoisotopic (exact) mass is 338 g/mol. The molecular formula is C15H13F3N4O2. The molecule has 1 aromatic carbocycles. The zero-order valence-electron chi connectivity index (χ0n) is 12.8. The Kier molecular flexibility index (Phi) is 3.70. The molecule has 0 radical (unpaired) electrons. The van der Waals surface area contributed by atoms with Gasteiger partial charge in [0, 0.05) is 17.8 Å². The molecule has 0 aliphatic carbocycles. The van der Waals surface area contributed by atoms with Crippen LogP contribution in [0.15, 0.2) is 30.5 Å². The summed E-state index contributed by atoms with van der Waals surface area (Å²) in [7, 11) is 1.35. The van der Waals surface area contributed by atoms with Crippen LogP contribution in [0.25, 0.3) is 16.8 Å². The molecule has 6 nitrogen and oxygen atoms in total. The fourth-order valence-electron chi connectivity index (χ4n) is 2.39. The number of methoxy groups -OCH3 is 1. The molecule has 0 fully saturated rings. The van der Waals surface area contributed by atoms with E-state index in [1.807, 2.05) is 6.92 Å². The van der Waals surface area contributed by atoms with E-state index in [4.69, 9.17) is 10.5 Å². The highest BCUT2D eigenvalue weighted by atomic mass is 19.4. The van der Waals surface area contributed by atoms with Gasteiger partial charge >= 0.3 is 6.36 Å². The summed E-state index contributed by atoms with van der Waals surface area (Å²) in [4.78, 5) is 0. The van der Waals surface area contributed by atoms with Gasteiger partial charge in [0.1, 0.15) is 17.2 Å². The molecule has 126 valence electrons. The molecule has 0 bridgehead atoms. The fourth-order valence-corrected chi connectivity index (χ4v) is 2.39. The summed E-state index contributed by atoms with van der Waals surface area (Å²) >= 11 is 0. The molecule has 2 N–H and O–H groups in total. The van der Waals surface area contributed by atoms with E-state index >= 15 is 0 Å². The topological polar surface area (TPSA) is 74.7 Å². The molecule has 0 unspecified atom stereocenters. The van der Waals surface area contributed by atoms with Crippen LogP contribution in [-0.2, 0) is 0 Å². The number of benzene rings is 1. The van der Waals surface area contributed by atoms with Crippen molar-refractivity contribution in [2.24, 2.45) is 0 Å². The number of alkyl halides is 3. The summed E-state index contributed by atoms with van der Waals surface area (Å²) in [5.74, 6) is -0.0701. The third-order valence-electron chi connectivity index (χ3n) is 3.37. The smallest absolute Gasteiger partial charge is 0.497 e. The standard InChI is InChI=1S/C15H13F3N4O2/c1-8-5-11-13(20-21-14(19)22(11)7-8)10-4-3-9(23-2)6-12(10)24-15(16,17)18/h3-7H,1-2H3,(H2,19,21). The summed E-state index contributed by atoms with van der Waals surface area (Å²) in [6.07, 6.45) is -3.13. The van der Waals surface area contributed by atoms with Gasteiger partial charge in [0.05, 0.1) is 12.6 Å². The van der Waals surface area contributed by atoms with Gasteiger partial charge in [-0.3, -0.25) is 4.40 Å². The van der Waals surface area contributed by atoms with E-state index < -0.39 is 12.1 Å². The lowest BCUT2D eigenvalue weighted by Crippen LogP contribution is -2.18. The number of anilines is 1. The van der Waals surface area contributed by atoms with Crippen molar-refractivity contribution >= 4 is 11.5 Å². The number of rotatable bonds is 3. The van der Waals surface area contributed by atoms with E-state index in [0.717, 1.165) is 11.6 Å². The molecule has 9 heteroatoms. The number of aromatic nitrogens is 3. The molecule has 0 spiro atoms. The van der Waals surface area contributed by atoms with Gasteiger partial charge in [0.25, 0.3) is 0 Å². The molecule has 0 aliphatic heterocycles. The second-order valence-corrected chi connectivity index (χ2v) is 5.09. The lowest BCUT2D eigenvalue weighted by molar-refractivity contribution is -0.274. The summed E-state index contributed by atoms with van der Waals surface area (Å²) in [6, 6.07) is 5.85. The van der Waals surface area contributed by atoms with E-state index in [2.05, 4.69) is 14.9 Å². The van der Waals surface area contributed by atoms with Crippen LogP contribution in [0.1, 0.15) is 5.56 Å². The molecule has 0 aliphatic rings. The SMILES string of the molecule is COc1ccc(-c2nnc(N)n3cc(C)cc23)c(OC(F)(F)F)c1. The summed E-state index contributed by atoms with van der Waals surface area (Å²) < 4.78 is 48.8. The lowest BCUT2D eigenvalue weighted by atomic mass is 10.1. The number of hydrogen-bond acceptors (Lipinski definition) is 5. The van der Waals surface area contributed by atoms with E-state index in [1.165, 1.54) is 19.2 Å². The Morgan fingerprint density at radius 3 is 2.58 bits per heavy atom. The Labute approximate surface area is 134 Å². The first-order valence-electron chi connectivity index (χ1n) is 6.83. The first-order chi connectivity index (χ1) is 11.3. The highest BCUT2D eigenvalue weighted by molar-refractivity contribution is 5.82. The first-order valence-corrected chi connectivity index (χ1v) is 6.83. The van der Waals surface area contributed by atoms with Crippen LogP contribution < -0.4 is 15.2 Å². The summed E-state index contributed by atoms with van der Waals surface area (Å²) in [6.45, 7) is 1.83. The first kappa shape index (κ1) is 15.9. The van der Waals surface area contributed by atoms with Crippen molar-refractivity contribution < 1.29 is 22.6 Å². The van der Waals surface area contributed by atoms with Crippen LogP contribution in [0.3, 0.4) is 0 Å². The van der Waals surface area contributed by atoms with Crippen molar-refractivity contribution in [2.75, 3.05) is 12.8 Å². The second kappa shape index (κ2) is 5.59. The van der Waals surface area contributed by atoms with Crippen molar-refractivity contribution in [1.82, 2.24) is 14.6 Å². The van der Waals surface area contributed by atoms with Gasteiger partial charge in [0.15, 0.2) is 0 Å². The van der Waals surface area contributed by atoms with Crippen molar-refractivity contribution in [3.8, 4) is 22.8 Å². The molecule has 0 saturated heterocycles. The van der Waals surface area contributed by atoms with Gasteiger partial charge < -0.3 is 15.2 Å². The fraction of sp³-hybridized carbons (Fsp3) is 0.200. The normalized spacial score (nSPS) is 11.7. The Hall–Kier alpha value is -2.97. The number of nitrogens with zero attached hydrogens (tertiary/aromatic N) is 3. The maximum atomic E-state index is 12.7. The third kappa shape index (κ3) is 2.92. The molecule has 2 aromatic heterocycles. The van der Waals surface area contributed by atoms with Gasteiger partial charge in [-0.05, 0) is 30.7 Å². The largest absolute Gasteiger partial charge is 0.573 e. The molecule has 0 saturated carbocycles. The number of fused-ring (bicyclic) bond motifs is 1.